The Hall–Kier alpha value is -2.02. The zero-order valence-electron chi connectivity index (χ0n) is 11.7. The molecule has 2 aromatic heterocycles. The molecule has 0 saturated carbocycles. The molecule has 0 aliphatic heterocycles. The van der Waals surface area contributed by atoms with Crippen molar-refractivity contribution in [3.63, 3.8) is 0 Å². The number of carbonyl (C=O) groups excluding carboxylic acids is 1. The highest BCUT2D eigenvalue weighted by molar-refractivity contribution is 7.14. The van der Waals surface area contributed by atoms with Gasteiger partial charge in [-0.1, -0.05) is 12.1 Å². The summed E-state index contributed by atoms with van der Waals surface area (Å²) >= 11 is 3.07. The van der Waals surface area contributed by atoms with E-state index in [2.05, 4.69) is 10.3 Å². The number of aliphatic hydroxyl groups is 1. The van der Waals surface area contributed by atoms with Crippen molar-refractivity contribution in [3.05, 3.63) is 57.7 Å². The number of thiophene rings is 1. The van der Waals surface area contributed by atoms with Gasteiger partial charge in [-0.3, -0.25) is 4.79 Å². The standard InChI is InChI=1S/C16H14N2O2S2/c19-7-5-11-1-3-13(4-2-11)17-15(20)14-10-22-16(18-14)12-6-8-21-9-12/h1-4,6,8-10,19H,5,7H2,(H,17,20). The van der Waals surface area contributed by atoms with Crippen LogP contribution in [0.25, 0.3) is 10.6 Å². The minimum Gasteiger partial charge on any atom is -0.396 e. The van der Waals surface area contributed by atoms with Crippen molar-refractivity contribution in [3.8, 4) is 10.6 Å². The van der Waals surface area contributed by atoms with Gasteiger partial charge in [0.25, 0.3) is 5.91 Å². The number of rotatable bonds is 5. The maximum atomic E-state index is 12.2. The van der Waals surface area contributed by atoms with Gasteiger partial charge in [0.2, 0.25) is 0 Å². The van der Waals surface area contributed by atoms with E-state index in [1.54, 1.807) is 16.7 Å². The topological polar surface area (TPSA) is 62.2 Å². The maximum Gasteiger partial charge on any atom is 0.275 e. The molecule has 1 amide bonds. The zero-order valence-corrected chi connectivity index (χ0v) is 13.3. The molecule has 0 spiro atoms. The van der Waals surface area contributed by atoms with Gasteiger partial charge in [0.1, 0.15) is 10.7 Å². The third-order valence-electron chi connectivity index (χ3n) is 3.12. The largest absolute Gasteiger partial charge is 0.396 e. The first-order valence-electron chi connectivity index (χ1n) is 6.75. The van der Waals surface area contributed by atoms with Gasteiger partial charge in [-0.15, -0.1) is 11.3 Å². The van der Waals surface area contributed by atoms with E-state index in [9.17, 15) is 4.79 Å². The molecule has 112 valence electrons. The molecule has 3 rings (SSSR count). The summed E-state index contributed by atoms with van der Waals surface area (Å²) in [4.78, 5) is 16.6. The Morgan fingerprint density at radius 1 is 1.18 bits per heavy atom. The molecule has 1 aromatic carbocycles. The first-order valence-corrected chi connectivity index (χ1v) is 8.58. The molecule has 2 N–H and O–H groups in total. The molecule has 6 heteroatoms. The minimum atomic E-state index is -0.215. The van der Waals surface area contributed by atoms with Gasteiger partial charge in [-0.25, -0.2) is 4.98 Å². The van der Waals surface area contributed by atoms with E-state index in [4.69, 9.17) is 5.11 Å². The summed E-state index contributed by atoms with van der Waals surface area (Å²) in [7, 11) is 0. The number of nitrogens with zero attached hydrogens (tertiary/aromatic N) is 1. The van der Waals surface area contributed by atoms with Crippen molar-refractivity contribution in [2.75, 3.05) is 11.9 Å². The van der Waals surface area contributed by atoms with Crippen molar-refractivity contribution >= 4 is 34.3 Å². The lowest BCUT2D eigenvalue weighted by Gasteiger charge is -2.04. The van der Waals surface area contributed by atoms with E-state index in [0.29, 0.717) is 12.1 Å². The first-order chi connectivity index (χ1) is 10.8. The maximum absolute atomic E-state index is 12.2. The van der Waals surface area contributed by atoms with Crippen LogP contribution in [0.5, 0.6) is 0 Å². The predicted molar refractivity (Wildman–Crippen MR) is 90.6 cm³/mol. The summed E-state index contributed by atoms with van der Waals surface area (Å²) in [5.74, 6) is -0.215. The third kappa shape index (κ3) is 3.41. The van der Waals surface area contributed by atoms with Crippen molar-refractivity contribution in [2.24, 2.45) is 0 Å². The fraction of sp³-hybridized carbons (Fsp3) is 0.125. The molecule has 0 unspecified atom stereocenters. The Morgan fingerprint density at radius 2 is 2.00 bits per heavy atom. The molecule has 0 aliphatic rings. The molecule has 0 bridgehead atoms. The molecule has 22 heavy (non-hydrogen) atoms. The predicted octanol–water partition coefficient (Wildman–Crippen LogP) is 3.66. The minimum absolute atomic E-state index is 0.121. The molecule has 0 radical (unpaired) electrons. The molecule has 0 saturated heterocycles. The van der Waals surface area contributed by atoms with Crippen molar-refractivity contribution < 1.29 is 9.90 Å². The highest BCUT2D eigenvalue weighted by Crippen LogP contribution is 2.26. The normalized spacial score (nSPS) is 10.6. The van der Waals surface area contributed by atoms with Crippen molar-refractivity contribution in [1.29, 1.82) is 0 Å². The Balaban J connectivity index is 1.69. The SMILES string of the molecule is O=C(Nc1ccc(CCO)cc1)c1csc(-c2ccsc2)n1. The van der Waals surface area contributed by atoms with Crippen molar-refractivity contribution in [1.82, 2.24) is 4.98 Å². The summed E-state index contributed by atoms with van der Waals surface area (Å²) in [5, 5.41) is 18.3. The molecule has 3 aromatic rings. The van der Waals surface area contributed by atoms with Gasteiger partial charge in [0.15, 0.2) is 0 Å². The van der Waals surface area contributed by atoms with Crippen LogP contribution in [0.15, 0.2) is 46.5 Å². The Kier molecular flexibility index (Phi) is 4.62. The Labute approximate surface area is 136 Å². The van der Waals surface area contributed by atoms with Crippen molar-refractivity contribution in [2.45, 2.75) is 6.42 Å². The van der Waals surface area contributed by atoms with Gasteiger partial charge >= 0.3 is 0 Å². The van der Waals surface area contributed by atoms with Crippen LogP contribution < -0.4 is 5.32 Å². The molecule has 0 atom stereocenters. The van der Waals surface area contributed by atoms with E-state index in [0.717, 1.165) is 21.8 Å². The first kappa shape index (κ1) is 14.9. The summed E-state index contributed by atoms with van der Waals surface area (Å²) in [6.07, 6.45) is 0.615. The number of thiazole rings is 1. The Bertz CT molecular complexity index is 749. The van der Waals surface area contributed by atoms with Crippen LogP contribution in [0.1, 0.15) is 16.1 Å². The van der Waals surface area contributed by atoms with Crippen LogP contribution in [-0.2, 0) is 6.42 Å². The summed E-state index contributed by atoms with van der Waals surface area (Å²) in [6.45, 7) is 0.121. The number of nitrogens with one attached hydrogen (secondary N) is 1. The van der Waals surface area contributed by atoms with Gasteiger partial charge in [-0.2, -0.15) is 11.3 Å². The molecule has 4 nitrogen and oxygen atoms in total. The second kappa shape index (κ2) is 6.83. The molecular weight excluding hydrogens is 316 g/mol. The molecule has 0 fully saturated rings. The van der Waals surface area contributed by atoms with Gasteiger partial charge < -0.3 is 10.4 Å². The number of hydrogen-bond acceptors (Lipinski definition) is 5. The van der Waals surface area contributed by atoms with Gasteiger partial charge in [0, 0.05) is 28.6 Å². The van der Waals surface area contributed by atoms with Crippen LogP contribution in [0, 0.1) is 0 Å². The lowest BCUT2D eigenvalue weighted by Crippen LogP contribution is -2.12. The fourth-order valence-corrected chi connectivity index (χ4v) is 3.49. The highest BCUT2D eigenvalue weighted by Gasteiger charge is 2.12. The van der Waals surface area contributed by atoms with Gasteiger partial charge in [-0.05, 0) is 35.6 Å². The van der Waals surface area contributed by atoms with Crippen LogP contribution in [0.2, 0.25) is 0 Å². The molecule has 2 heterocycles. The lowest BCUT2D eigenvalue weighted by atomic mass is 10.1. The number of carbonyl (C=O) groups is 1. The number of hydrogen-bond donors (Lipinski definition) is 2. The lowest BCUT2D eigenvalue weighted by molar-refractivity contribution is 0.102. The molecular formula is C16H14N2O2S2. The summed E-state index contributed by atoms with van der Waals surface area (Å²) in [6, 6.07) is 9.43. The summed E-state index contributed by atoms with van der Waals surface area (Å²) in [5.41, 5.74) is 3.22. The number of anilines is 1. The van der Waals surface area contributed by atoms with Crippen LogP contribution >= 0.6 is 22.7 Å². The van der Waals surface area contributed by atoms with E-state index in [1.165, 1.54) is 11.3 Å². The van der Waals surface area contributed by atoms with E-state index in [-0.39, 0.29) is 12.5 Å². The average molecular weight is 330 g/mol. The molecule has 0 aliphatic carbocycles. The second-order valence-electron chi connectivity index (χ2n) is 4.67. The number of amides is 1. The fourth-order valence-electron chi connectivity index (χ4n) is 1.98. The van der Waals surface area contributed by atoms with Crippen LogP contribution in [-0.4, -0.2) is 22.6 Å². The van der Waals surface area contributed by atoms with E-state index < -0.39 is 0 Å². The van der Waals surface area contributed by atoms with E-state index >= 15 is 0 Å². The Morgan fingerprint density at radius 3 is 2.68 bits per heavy atom. The quantitative estimate of drug-likeness (QED) is 0.750. The highest BCUT2D eigenvalue weighted by atomic mass is 32.1. The smallest absolute Gasteiger partial charge is 0.275 e. The number of aliphatic hydroxyl groups excluding tert-OH is 1. The summed E-state index contributed by atoms with van der Waals surface area (Å²) < 4.78 is 0. The number of benzene rings is 1. The number of aromatic nitrogens is 1. The second-order valence-corrected chi connectivity index (χ2v) is 6.31. The van der Waals surface area contributed by atoms with E-state index in [1.807, 2.05) is 41.1 Å². The monoisotopic (exact) mass is 330 g/mol. The van der Waals surface area contributed by atoms with Gasteiger partial charge in [0.05, 0.1) is 0 Å². The average Bonchev–Trinajstić information content (AvgIpc) is 3.20. The zero-order chi connectivity index (χ0) is 15.4. The third-order valence-corrected chi connectivity index (χ3v) is 4.69. The van der Waals surface area contributed by atoms with Crippen LogP contribution in [0.3, 0.4) is 0 Å². The van der Waals surface area contributed by atoms with Crippen LogP contribution in [0.4, 0.5) is 5.69 Å².